The molecule has 0 atom stereocenters. The fourth-order valence-corrected chi connectivity index (χ4v) is 5.92. The molecule has 0 spiro atoms. The van der Waals surface area contributed by atoms with Gasteiger partial charge in [-0.2, -0.15) is 13.2 Å². The van der Waals surface area contributed by atoms with E-state index in [0.29, 0.717) is 16.6 Å². The number of para-hydroxylation sites is 1. The molecule has 3 aromatic rings. The number of carbonyl (C=O) groups excluding carboxylic acids is 1. The minimum absolute atomic E-state index is 0.00687. The maximum absolute atomic E-state index is 13.3. The number of fused-ring (bicyclic) bond motifs is 1. The molecular weight excluding hydrogens is 514 g/mol. The Balaban J connectivity index is 1.52. The van der Waals surface area contributed by atoms with Gasteiger partial charge in [0, 0.05) is 23.7 Å². The molecule has 0 saturated heterocycles. The summed E-state index contributed by atoms with van der Waals surface area (Å²) < 4.78 is 67.6. The van der Waals surface area contributed by atoms with Gasteiger partial charge in [-0.3, -0.25) is 4.79 Å². The summed E-state index contributed by atoms with van der Waals surface area (Å²) in [7, 11) is -3.92. The number of benzene rings is 2. The third-order valence-electron chi connectivity index (χ3n) is 5.58. The van der Waals surface area contributed by atoms with Crippen LogP contribution in [0.1, 0.15) is 40.0 Å². The summed E-state index contributed by atoms with van der Waals surface area (Å²) in [5.41, 5.74) is 0.361. The molecule has 6 nitrogen and oxygen atoms in total. The number of alkyl halides is 3. The first-order valence-corrected chi connectivity index (χ1v) is 12.6. The number of hydrogen-bond acceptors (Lipinski definition) is 3. The Hall–Kier alpha value is -2.27. The number of aromatic nitrogens is 1. The molecule has 1 amide bonds. The van der Waals surface area contributed by atoms with Gasteiger partial charge in [0.15, 0.2) is 0 Å². The average molecular weight is 534 g/mol. The van der Waals surface area contributed by atoms with Gasteiger partial charge >= 0.3 is 6.18 Å². The van der Waals surface area contributed by atoms with E-state index in [1.807, 2.05) is 0 Å². The van der Waals surface area contributed by atoms with E-state index in [-0.39, 0.29) is 45.0 Å². The fourth-order valence-electron chi connectivity index (χ4n) is 3.75. The van der Waals surface area contributed by atoms with E-state index < -0.39 is 27.7 Å². The van der Waals surface area contributed by atoms with E-state index in [1.54, 1.807) is 13.0 Å². The molecule has 0 bridgehead atoms. The van der Waals surface area contributed by atoms with Crippen molar-refractivity contribution in [2.24, 2.45) is 0 Å². The van der Waals surface area contributed by atoms with Crippen molar-refractivity contribution in [3.8, 4) is 0 Å². The van der Waals surface area contributed by atoms with Crippen LogP contribution >= 0.6 is 23.2 Å². The van der Waals surface area contributed by atoms with E-state index in [1.165, 1.54) is 12.1 Å². The Morgan fingerprint density at radius 1 is 1.18 bits per heavy atom. The van der Waals surface area contributed by atoms with Crippen LogP contribution in [0.4, 0.5) is 13.2 Å². The van der Waals surface area contributed by atoms with Crippen molar-refractivity contribution in [3.63, 3.8) is 0 Å². The molecule has 1 aromatic heterocycles. The molecule has 1 aliphatic carbocycles. The lowest BCUT2D eigenvalue weighted by Crippen LogP contribution is -2.28. The highest BCUT2D eigenvalue weighted by Crippen LogP contribution is 2.36. The molecule has 3 N–H and O–H groups in total. The number of hydrogen-bond donors (Lipinski definition) is 3. The zero-order chi connectivity index (χ0) is 24.8. The largest absolute Gasteiger partial charge is 0.418 e. The van der Waals surface area contributed by atoms with E-state index >= 15 is 0 Å². The maximum Gasteiger partial charge on any atom is 0.418 e. The molecule has 4 rings (SSSR count). The van der Waals surface area contributed by atoms with Gasteiger partial charge in [-0.05, 0) is 49.9 Å². The van der Waals surface area contributed by atoms with Crippen molar-refractivity contribution in [1.29, 1.82) is 0 Å². The topological polar surface area (TPSA) is 91.1 Å². The molecule has 34 heavy (non-hydrogen) atoms. The summed E-state index contributed by atoms with van der Waals surface area (Å²) in [6.07, 6.45) is -2.79. The van der Waals surface area contributed by atoms with Gasteiger partial charge < -0.3 is 10.3 Å². The van der Waals surface area contributed by atoms with Gasteiger partial charge in [0.2, 0.25) is 10.0 Å². The second kappa shape index (κ2) is 9.07. The third kappa shape index (κ3) is 5.05. The molecular formula is C22H20Cl2F3N3O3S. The predicted octanol–water partition coefficient (Wildman–Crippen LogP) is 5.22. The first-order chi connectivity index (χ1) is 15.9. The van der Waals surface area contributed by atoms with Crippen LogP contribution < -0.4 is 10.0 Å². The van der Waals surface area contributed by atoms with Crippen molar-refractivity contribution in [2.45, 2.75) is 43.3 Å². The van der Waals surface area contributed by atoms with Gasteiger partial charge in [0.05, 0.1) is 26.7 Å². The Bertz CT molecular complexity index is 1380. The van der Waals surface area contributed by atoms with Crippen molar-refractivity contribution in [3.05, 3.63) is 62.8 Å². The smallest absolute Gasteiger partial charge is 0.358 e. The van der Waals surface area contributed by atoms with E-state index in [0.717, 1.165) is 25.0 Å². The summed E-state index contributed by atoms with van der Waals surface area (Å²) in [5, 5.41) is 2.94. The summed E-state index contributed by atoms with van der Waals surface area (Å²) in [5.74, 6) is -0.627. The van der Waals surface area contributed by atoms with Crippen molar-refractivity contribution in [2.75, 3.05) is 6.54 Å². The highest BCUT2D eigenvalue weighted by Gasteiger charge is 2.34. The van der Waals surface area contributed by atoms with Crippen LogP contribution in [0.25, 0.3) is 10.9 Å². The van der Waals surface area contributed by atoms with Crippen LogP contribution in [0.15, 0.2) is 35.2 Å². The first-order valence-electron chi connectivity index (χ1n) is 10.4. The number of nitrogens with one attached hydrogen (secondary N) is 3. The summed E-state index contributed by atoms with van der Waals surface area (Å²) >= 11 is 12.2. The molecule has 0 unspecified atom stereocenters. The van der Waals surface area contributed by atoms with Gasteiger partial charge in [0.25, 0.3) is 5.91 Å². The Labute approximate surface area is 203 Å². The number of rotatable bonds is 7. The second-order valence-corrected chi connectivity index (χ2v) is 10.6. The molecule has 1 aliphatic rings. The van der Waals surface area contributed by atoms with Crippen LogP contribution in [0.3, 0.4) is 0 Å². The van der Waals surface area contributed by atoms with Crippen molar-refractivity contribution < 1.29 is 26.4 Å². The van der Waals surface area contributed by atoms with Gasteiger partial charge in [-0.1, -0.05) is 35.3 Å². The molecule has 0 aliphatic heterocycles. The minimum Gasteiger partial charge on any atom is -0.358 e. The average Bonchev–Trinajstić information content (AvgIpc) is 3.47. The number of aryl methyl sites for hydroxylation is 1. The summed E-state index contributed by atoms with van der Waals surface area (Å²) in [6, 6.07) is 6.11. The second-order valence-electron chi connectivity index (χ2n) is 8.12. The summed E-state index contributed by atoms with van der Waals surface area (Å²) in [6.45, 7) is 1.75. The number of sulfonamides is 1. The normalized spacial score (nSPS) is 14.5. The molecule has 1 saturated carbocycles. The van der Waals surface area contributed by atoms with E-state index in [9.17, 15) is 26.4 Å². The number of halogens is 5. The van der Waals surface area contributed by atoms with Crippen LogP contribution in [-0.4, -0.2) is 31.9 Å². The molecule has 182 valence electrons. The molecule has 2 aromatic carbocycles. The Morgan fingerprint density at radius 2 is 1.88 bits per heavy atom. The van der Waals surface area contributed by atoms with E-state index in [4.69, 9.17) is 23.2 Å². The Morgan fingerprint density at radius 3 is 2.53 bits per heavy atom. The molecule has 12 heteroatoms. The summed E-state index contributed by atoms with van der Waals surface area (Å²) in [4.78, 5) is 15.3. The molecule has 0 radical (unpaired) electrons. The highest BCUT2D eigenvalue weighted by atomic mass is 35.5. The monoisotopic (exact) mass is 533 g/mol. The van der Waals surface area contributed by atoms with Crippen LogP contribution in [0.2, 0.25) is 10.0 Å². The Kier molecular flexibility index (Phi) is 6.63. The van der Waals surface area contributed by atoms with Crippen LogP contribution in [0, 0.1) is 6.92 Å². The molecule has 1 fully saturated rings. The number of aromatic amines is 1. The lowest BCUT2D eigenvalue weighted by atomic mass is 10.0. The predicted molar refractivity (Wildman–Crippen MR) is 124 cm³/mol. The zero-order valence-electron chi connectivity index (χ0n) is 17.8. The maximum atomic E-state index is 13.3. The van der Waals surface area contributed by atoms with Gasteiger partial charge in [0.1, 0.15) is 4.90 Å². The quantitative estimate of drug-likeness (QED) is 0.389. The minimum atomic E-state index is -4.50. The molecule has 1 heterocycles. The van der Waals surface area contributed by atoms with Crippen molar-refractivity contribution >= 4 is 50.0 Å². The lowest BCUT2D eigenvalue weighted by Gasteiger charge is -2.12. The number of carbonyl (C=O) groups is 1. The SMILES string of the molecule is Cc1[nH]c2c(C(F)(F)F)cccc2c1CCNC(=O)c1cc(S(=O)(=O)NC2CC2)c(Cl)cc1Cl. The lowest BCUT2D eigenvalue weighted by molar-refractivity contribution is -0.136. The number of H-pyrrole nitrogens is 1. The van der Waals surface area contributed by atoms with Gasteiger partial charge in [-0.25, -0.2) is 13.1 Å². The number of amides is 1. The first kappa shape index (κ1) is 24.8. The zero-order valence-corrected chi connectivity index (χ0v) is 20.1. The van der Waals surface area contributed by atoms with Gasteiger partial charge in [-0.15, -0.1) is 0 Å². The van der Waals surface area contributed by atoms with Crippen LogP contribution in [0.5, 0.6) is 0 Å². The van der Waals surface area contributed by atoms with Crippen LogP contribution in [-0.2, 0) is 22.6 Å². The van der Waals surface area contributed by atoms with Crippen molar-refractivity contribution in [1.82, 2.24) is 15.0 Å². The standard InChI is InChI=1S/C22H20Cl2F3N3O3S/c1-11-13(14-3-2-4-16(20(14)29-11)22(25,26)27)7-8-28-21(31)15-9-19(18(24)10-17(15)23)34(32,33)30-12-5-6-12/h2-4,9-10,12,29-30H,5-8H2,1H3,(H,28,31). The van der Waals surface area contributed by atoms with E-state index in [2.05, 4.69) is 15.0 Å². The fraction of sp³-hybridized carbons (Fsp3) is 0.318. The third-order valence-corrected chi connectivity index (χ3v) is 7.87. The highest BCUT2D eigenvalue weighted by molar-refractivity contribution is 7.89.